The summed E-state index contributed by atoms with van der Waals surface area (Å²) in [5.74, 6) is 4.09. The van der Waals surface area contributed by atoms with E-state index in [1.807, 2.05) is 0 Å². The Balaban J connectivity index is 2.48. The average Bonchev–Trinajstić information content (AvgIpc) is 2.31. The largest absolute Gasteiger partial charge is 0.271 e. The highest BCUT2D eigenvalue weighted by Gasteiger charge is 2.17. The summed E-state index contributed by atoms with van der Waals surface area (Å²) >= 11 is 5.98. The zero-order valence-corrected chi connectivity index (χ0v) is 9.96. The number of hydrogen-bond acceptors (Lipinski definition) is 3. The molecule has 2 rings (SSSR count). The molecule has 0 radical (unpaired) electrons. The maximum absolute atomic E-state index is 13.2. The van der Waals surface area contributed by atoms with Crippen molar-refractivity contribution < 1.29 is 8.78 Å². The number of nitrogens with zero attached hydrogens (tertiary/aromatic N) is 1. The van der Waals surface area contributed by atoms with E-state index in [0.717, 1.165) is 6.07 Å². The minimum Gasteiger partial charge on any atom is -0.271 e. The molecule has 3 N–H and O–H groups in total. The van der Waals surface area contributed by atoms with Gasteiger partial charge in [0.2, 0.25) is 0 Å². The van der Waals surface area contributed by atoms with Crippen LogP contribution in [0.25, 0.3) is 0 Å². The molecule has 0 aliphatic heterocycles. The lowest BCUT2D eigenvalue weighted by Crippen LogP contribution is -2.29. The van der Waals surface area contributed by atoms with Crippen LogP contribution >= 0.6 is 11.6 Å². The molecule has 0 spiro atoms. The van der Waals surface area contributed by atoms with Gasteiger partial charge in [0.1, 0.15) is 11.6 Å². The fraction of sp³-hybridized carbons (Fsp3) is 0.0833. The summed E-state index contributed by atoms with van der Waals surface area (Å²) in [6.07, 6.45) is 2.97. The Kier molecular flexibility index (Phi) is 3.86. The fourth-order valence-electron chi connectivity index (χ4n) is 1.73. The third-order valence-electron chi connectivity index (χ3n) is 2.50. The van der Waals surface area contributed by atoms with Crippen molar-refractivity contribution in [3.63, 3.8) is 0 Å². The van der Waals surface area contributed by atoms with E-state index in [-0.39, 0.29) is 0 Å². The Bertz CT molecular complexity index is 543. The Morgan fingerprint density at radius 3 is 2.44 bits per heavy atom. The van der Waals surface area contributed by atoms with Crippen molar-refractivity contribution in [2.45, 2.75) is 6.04 Å². The van der Waals surface area contributed by atoms with Crippen molar-refractivity contribution in [3.05, 3.63) is 64.4 Å². The summed E-state index contributed by atoms with van der Waals surface area (Å²) in [5.41, 5.74) is 3.43. The summed E-state index contributed by atoms with van der Waals surface area (Å²) in [6, 6.07) is 4.22. The van der Waals surface area contributed by atoms with E-state index in [4.69, 9.17) is 17.4 Å². The molecule has 0 saturated carbocycles. The van der Waals surface area contributed by atoms with Crippen molar-refractivity contribution in [2.24, 2.45) is 5.84 Å². The molecule has 94 valence electrons. The predicted octanol–water partition coefficient (Wildman–Crippen LogP) is 2.57. The van der Waals surface area contributed by atoms with Gasteiger partial charge in [0.15, 0.2) is 0 Å². The first kappa shape index (κ1) is 12.9. The van der Waals surface area contributed by atoms with Crippen LogP contribution in [0.1, 0.15) is 17.2 Å². The first-order valence-electron chi connectivity index (χ1n) is 5.13. The van der Waals surface area contributed by atoms with Crippen molar-refractivity contribution in [3.8, 4) is 0 Å². The number of nitrogens with one attached hydrogen (secondary N) is 1. The number of halogens is 3. The molecule has 0 fully saturated rings. The molecule has 0 bridgehead atoms. The predicted molar refractivity (Wildman–Crippen MR) is 64.8 cm³/mol. The second-order valence-corrected chi connectivity index (χ2v) is 4.11. The Morgan fingerprint density at radius 2 is 1.89 bits per heavy atom. The lowest BCUT2D eigenvalue weighted by molar-refractivity contribution is 0.566. The number of aromatic nitrogens is 1. The van der Waals surface area contributed by atoms with Gasteiger partial charge in [-0.05, 0) is 29.3 Å². The maximum atomic E-state index is 13.2. The van der Waals surface area contributed by atoms with E-state index in [2.05, 4.69) is 10.4 Å². The molecule has 2 aromatic rings. The summed E-state index contributed by atoms with van der Waals surface area (Å²) in [4.78, 5) is 3.84. The van der Waals surface area contributed by atoms with Crippen molar-refractivity contribution in [1.82, 2.24) is 10.4 Å². The Hall–Kier alpha value is -1.56. The Labute approximate surface area is 108 Å². The molecule has 3 nitrogen and oxygen atoms in total. The van der Waals surface area contributed by atoms with Gasteiger partial charge in [-0.25, -0.2) is 14.2 Å². The maximum Gasteiger partial charge on any atom is 0.126 e. The third-order valence-corrected chi connectivity index (χ3v) is 2.82. The number of hydrazine groups is 1. The summed E-state index contributed by atoms with van der Waals surface area (Å²) in [7, 11) is 0. The number of pyridine rings is 1. The molecule has 6 heteroatoms. The minimum absolute atomic E-state index is 0.350. The number of nitrogens with two attached hydrogens (primary N) is 1. The van der Waals surface area contributed by atoms with E-state index >= 15 is 0 Å². The van der Waals surface area contributed by atoms with Crippen LogP contribution < -0.4 is 11.3 Å². The van der Waals surface area contributed by atoms with Crippen LogP contribution in [-0.4, -0.2) is 4.98 Å². The van der Waals surface area contributed by atoms with E-state index < -0.39 is 17.7 Å². The average molecular weight is 270 g/mol. The van der Waals surface area contributed by atoms with E-state index in [1.54, 1.807) is 6.07 Å². The SMILES string of the molecule is NNC(c1cc(F)cc(F)c1)c1ccncc1Cl. The lowest BCUT2D eigenvalue weighted by atomic mass is 10.00. The molecule has 0 aliphatic carbocycles. The molecule has 1 unspecified atom stereocenters. The van der Waals surface area contributed by atoms with Gasteiger partial charge in [-0.3, -0.25) is 10.8 Å². The van der Waals surface area contributed by atoms with Crippen LogP contribution in [0.2, 0.25) is 5.02 Å². The second kappa shape index (κ2) is 5.39. The molecular formula is C12H10ClF2N3. The lowest BCUT2D eigenvalue weighted by Gasteiger charge is -2.18. The van der Waals surface area contributed by atoms with Gasteiger partial charge >= 0.3 is 0 Å². The second-order valence-electron chi connectivity index (χ2n) is 3.70. The number of hydrogen-bond donors (Lipinski definition) is 2. The van der Waals surface area contributed by atoms with Gasteiger partial charge in [0.05, 0.1) is 11.1 Å². The highest BCUT2D eigenvalue weighted by atomic mass is 35.5. The normalized spacial score (nSPS) is 12.4. The van der Waals surface area contributed by atoms with Gasteiger partial charge < -0.3 is 0 Å². The fourth-order valence-corrected chi connectivity index (χ4v) is 1.96. The van der Waals surface area contributed by atoms with Crippen LogP contribution in [0, 0.1) is 11.6 Å². The topological polar surface area (TPSA) is 50.9 Å². The van der Waals surface area contributed by atoms with E-state index in [0.29, 0.717) is 16.1 Å². The van der Waals surface area contributed by atoms with Crippen LogP contribution in [0.5, 0.6) is 0 Å². The van der Waals surface area contributed by atoms with Gasteiger partial charge in [-0.1, -0.05) is 11.6 Å². The first-order valence-corrected chi connectivity index (χ1v) is 5.51. The van der Waals surface area contributed by atoms with Gasteiger partial charge in [-0.15, -0.1) is 0 Å². The molecule has 1 aromatic carbocycles. The van der Waals surface area contributed by atoms with Gasteiger partial charge in [0.25, 0.3) is 0 Å². The van der Waals surface area contributed by atoms with Crippen LogP contribution in [0.3, 0.4) is 0 Å². The third kappa shape index (κ3) is 2.64. The number of benzene rings is 1. The van der Waals surface area contributed by atoms with Gasteiger partial charge in [-0.2, -0.15) is 0 Å². The zero-order chi connectivity index (χ0) is 13.1. The standard InChI is InChI=1S/C12H10ClF2N3/c13-11-6-17-2-1-10(11)12(18-16)7-3-8(14)5-9(15)4-7/h1-6,12,18H,16H2. The molecule has 0 aliphatic rings. The first-order chi connectivity index (χ1) is 8.61. The quantitative estimate of drug-likeness (QED) is 0.665. The minimum atomic E-state index is -0.671. The monoisotopic (exact) mass is 269 g/mol. The molecule has 18 heavy (non-hydrogen) atoms. The van der Waals surface area contributed by atoms with Crippen molar-refractivity contribution in [2.75, 3.05) is 0 Å². The molecule has 0 amide bonds. The molecule has 1 aromatic heterocycles. The summed E-state index contributed by atoms with van der Waals surface area (Å²) < 4.78 is 26.4. The van der Waals surface area contributed by atoms with Crippen LogP contribution in [0.15, 0.2) is 36.7 Å². The highest BCUT2D eigenvalue weighted by molar-refractivity contribution is 6.31. The molecule has 0 saturated heterocycles. The summed E-state index contributed by atoms with van der Waals surface area (Å²) in [5, 5.41) is 0.366. The molecular weight excluding hydrogens is 260 g/mol. The Morgan fingerprint density at radius 1 is 1.22 bits per heavy atom. The smallest absolute Gasteiger partial charge is 0.126 e. The van der Waals surface area contributed by atoms with Crippen LogP contribution in [0.4, 0.5) is 8.78 Å². The summed E-state index contributed by atoms with van der Waals surface area (Å²) in [6.45, 7) is 0. The molecule has 1 heterocycles. The van der Waals surface area contributed by atoms with Crippen molar-refractivity contribution >= 4 is 11.6 Å². The van der Waals surface area contributed by atoms with E-state index in [9.17, 15) is 8.78 Å². The van der Waals surface area contributed by atoms with E-state index in [1.165, 1.54) is 24.5 Å². The van der Waals surface area contributed by atoms with Gasteiger partial charge in [0, 0.05) is 18.5 Å². The molecule has 1 atom stereocenters. The zero-order valence-electron chi connectivity index (χ0n) is 9.20. The highest BCUT2D eigenvalue weighted by Crippen LogP contribution is 2.27. The van der Waals surface area contributed by atoms with Crippen LogP contribution in [-0.2, 0) is 0 Å². The number of rotatable bonds is 3. The van der Waals surface area contributed by atoms with Crippen molar-refractivity contribution in [1.29, 1.82) is 0 Å².